The van der Waals surface area contributed by atoms with Gasteiger partial charge in [-0.15, -0.1) is 5.10 Å². The molecule has 0 aliphatic heterocycles. The standard InChI is InChI=1S/C20H18ClN3O4S/c1-12-22-20(24-23-12)29-18(19(25)26)10-13-7-8-16(17(9-13)27-2)28-11-14-5-3-4-6-15(14)21/h3-10H,11H2,1-2H3,(H,25,26)(H,22,23,24)/p-1/b18-10+. The summed E-state index contributed by atoms with van der Waals surface area (Å²) in [6.07, 6.45) is 1.46. The summed E-state index contributed by atoms with van der Waals surface area (Å²) in [5, 5.41) is 19.0. The van der Waals surface area contributed by atoms with Crippen LogP contribution in [-0.4, -0.2) is 28.3 Å². The van der Waals surface area contributed by atoms with Crippen molar-refractivity contribution in [1.82, 2.24) is 15.2 Å². The molecular formula is C20H17ClN3O4S-. The third kappa shape index (κ3) is 5.52. The molecule has 0 unspecified atom stereocenters. The van der Waals surface area contributed by atoms with Gasteiger partial charge in [-0.3, -0.25) is 5.10 Å². The molecule has 1 aromatic heterocycles. The Morgan fingerprint density at radius 2 is 2.07 bits per heavy atom. The van der Waals surface area contributed by atoms with Gasteiger partial charge >= 0.3 is 0 Å². The summed E-state index contributed by atoms with van der Waals surface area (Å²) >= 11 is 7.05. The molecule has 1 N–H and O–H groups in total. The molecule has 7 nitrogen and oxygen atoms in total. The minimum Gasteiger partial charge on any atom is -0.544 e. The minimum atomic E-state index is -1.32. The van der Waals surface area contributed by atoms with Crippen molar-refractivity contribution < 1.29 is 19.4 Å². The smallest absolute Gasteiger partial charge is 0.213 e. The predicted octanol–water partition coefficient (Wildman–Crippen LogP) is 3.24. The molecule has 3 aromatic rings. The summed E-state index contributed by atoms with van der Waals surface area (Å²) in [5.41, 5.74) is 1.45. The first-order chi connectivity index (χ1) is 14.0. The van der Waals surface area contributed by atoms with E-state index in [0.717, 1.165) is 17.3 Å². The minimum absolute atomic E-state index is 0.0317. The molecule has 0 aliphatic carbocycles. The summed E-state index contributed by atoms with van der Waals surface area (Å²) in [6.45, 7) is 2.00. The Kier molecular flexibility index (Phi) is 6.79. The zero-order valence-corrected chi connectivity index (χ0v) is 17.2. The maximum absolute atomic E-state index is 11.5. The van der Waals surface area contributed by atoms with E-state index >= 15 is 0 Å². The lowest BCUT2D eigenvalue weighted by molar-refractivity contribution is -0.297. The van der Waals surface area contributed by atoms with Gasteiger partial charge in [0.05, 0.1) is 13.1 Å². The first kappa shape index (κ1) is 20.8. The number of halogens is 1. The maximum atomic E-state index is 11.5. The van der Waals surface area contributed by atoms with Crippen LogP contribution >= 0.6 is 23.4 Å². The molecule has 2 aromatic carbocycles. The number of carboxylic acid groups (broad SMARTS) is 1. The number of aromatic amines is 1. The van der Waals surface area contributed by atoms with Crippen molar-refractivity contribution in [1.29, 1.82) is 0 Å². The number of thioether (sulfide) groups is 1. The van der Waals surface area contributed by atoms with E-state index in [1.54, 1.807) is 31.2 Å². The Morgan fingerprint density at radius 1 is 1.28 bits per heavy atom. The number of hydrogen-bond donors (Lipinski definition) is 1. The first-order valence-corrected chi connectivity index (χ1v) is 9.70. The Balaban J connectivity index is 1.80. The Bertz CT molecular complexity index is 1050. The second kappa shape index (κ2) is 9.49. The van der Waals surface area contributed by atoms with Crippen LogP contribution in [0.4, 0.5) is 0 Å². The van der Waals surface area contributed by atoms with Gasteiger partial charge in [0.25, 0.3) is 0 Å². The predicted molar refractivity (Wildman–Crippen MR) is 109 cm³/mol. The number of rotatable bonds is 8. The van der Waals surface area contributed by atoms with E-state index in [9.17, 15) is 9.90 Å². The topological polar surface area (TPSA) is 100 Å². The lowest BCUT2D eigenvalue weighted by atomic mass is 10.2. The van der Waals surface area contributed by atoms with Gasteiger partial charge in [-0.25, -0.2) is 4.98 Å². The van der Waals surface area contributed by atoms with Crippen LogP contribution in [0.2, 0.25) is 5.02 Å². The lowest BCUT2D eigenvalue weighted by Crippen LogP contribution is -2.23. The van der Waals surface area contributed by atoms with E-state index in [0.29, 0.717) is 33.1 Å². The van der Waals surface area contributed by atoms with E-state index in [2.05, 4.69) is 15.2 Å². The summed E-state index contributed by atoms with van der Waals surface area (Å²) in [7, 11) is 1.51. The van der Waals surface area contributed by atoms with Crippen LogP contribution < -0.4 is 14.6 Å². The van der Waals surface area contributed by atoms with Crippen molar-refractivity contribution in [3.05, 3.63) is 69.3 Å². The van der Waals surface area contributed by atoms with Crippen LogP contribution in [0.15, 0.2) is 52.5 Å². The number of nitrogens with one attached hydrogen (secondary N) is 1. The maximum Gasteiger partial charge on any atom is 0.213 e. The number of H-pyrrole nitrogens is 1. The second-order valence-corrected chi connectivity index (χ2v) is 7.31. The number of ether oxygens (including phenoxy) is 2. The number of carboxylic acids is 1. The average molecular weight is 431 g/mol. The highest BCUT2D eigenvalue weighted by Crippen LogP contribution is 2.32. The van der Waals surface area contributed by atoms with Crippen molar-refractivity contribution in [2.75, 3.05) is 7.11 Å². The van der Waals surface area contributed by atoms with Crippen LogP contribution in [-0.2, 0) is 11.4 Å². The molecule has 0 fully saturated rings. The van der Waals surface area contributed by atoms with Gasteiger partial charge < -0.3 is 19.4 Å². The van der Waals surface area contributed by atoms with E-state index in [-0.39, 0.29) is 11.5 Å². The van der Waals surface area contributed by atoms with Gasteiger partial charge in [-0.1, -0.05) is 35.9 Å². The van der Waals surface area contributed by atoms with Gasteiger partial charge in [0.1, 0.15) is 12.4 Å². The first-order valence-electron chi connectivity index (χ1n) is 8.50. The molecule has 0 amide bonds. The highest BCUT2D eigenvalue weighted by molar-refractivity contribution is 8.04. The number of hydrogen-bond acceptors (Lipinski definition) is 7. The third-order valence-electron chi connectivity index (χ3n) is 3.81. The highest BCUT2D eigenvalue weighted by atomic mass is 35.5. The number of benzene rings is 2. The van der Waals surface area contributed by atoms with Gasteiger partial charge in [-0.05, 0) is 48.5 Å². The molecular weight excluding hydrogens is 414 g/mol. The van der Waals surface area contributed by atoms with Crippen molar-refractivity contribution in [3.8, 4) is 11.5 Å². The number of aliphatic carboxylic acids is 1. The van der Waals surface area contributed by atoms with Gasteiger partial charge in [0.2, 0.25) is 5.16 Å². The van der Waals surface area contributed by atoms with Crippen LogP contribution in [0.5, 0.6) is 11.5 Å². The zero-order valence-electron chi connectivity index (χ0n) is 15.6. The number of aromatic nitrogens is 3. The monoisotopic (exact) mass is 430 g/mol. The molecule has 0 bridgehead atoms. The number of aryl methyl sites for hydroxylation is 1. The number of nitrogens with zero attached hydrogens (tertiary/aromatic N) is 2. The molecule has 3 rings (SSSR count). The number of carbonyl (C=O) groups excluding carboxylic acids is 1. The van der Waals surface area contributed by atoms with Crippen molar-refractivity contribution >= 4 is 35.4 Å². The van der Waals surface area contributed by atoms with Crippen molar-refractivity contribution in [3.63, 3.8) is 0 Å². The lowest BCUT2D eigenvalue weighted by Gasteiger charge is -2.13. The van der Waals surface area contributed by atoms with Crippen LogP contribution in [0.25, 0.3) is 6.08 Å². The van der Waals surface area contributed by atoms with Crippen LogP contribution in [0.3, 0.4) is 0 Å². The van der Waals surface area contributed by atoms with E-state index < -0.39 is 5.97 Å². The number of carbonyl (C=O) groups is 1. The fourth-order valence-electron chi connectivity index (χ4n) is 2.41. The van der Waals surface area contributed by atoms with E-state index in [1.807, 2.05) is 18.2 Å². The van der Waals surface area contributed by atoms with E-state index in [1.165, 1.54) is 13.2 Å². The summed E-state index contributed by atoms with van der Waals surface area (Å²) in [6, 6.07) is 12.5. The summed E-state index contributed by atoms with van der Waals surface area (Å²) in [4.78, 5) is 15.6. The molecule has 0 saturated carbocycles. The molecule has 0 aliphatic rings. The van der Waals surface area contributed by atoms with Gasteiger partial charge in [0, 0.05) is 15.5 Å². The molecule has 150 valence electrons. The van der Waals surface area contributed by atoms with Gasteiger partial charge in [0.15, 0.2) is 11.5 Å². The average Bonchev–Trinajstić information content (AvgIpc) is 3.12. The SMILES string of the molecule is COc1cc(/C=C(/Sc2n[nH]c(C)n2)C(=O)[O-])ccc1OCc1ccccc1Cl. The molecule has 0 atom stereocenters. The normalized spacial score (nSPS) is 11.3. The van der Waals surface area contributed by atoms with E-state index in [4.69, 9.17) is 21.1 Å². The summed E-state index contributed by atoms with van der Waals surface area (Å²) < 4.78 is 11.2. The van der Waals surface area contributed by atoms with Crippen LogP contribution in [0, 0.1) is 6.92 Å². The third-order valence-corrected chi connectivity index (χ3v) is 5.04. The zero-order chi connectivity index (χ0) is 20.8. The highest BCUT2D eigenvalue weighted by Gasteiger charge is 2.10. The molecule has 0 radical (unpaired) electrons. The summed E-state index contributed by atoms with van der Waals surface area (Å²) in [5.74, 6) is 0.237. The van der Waals surface area contributed by atoms with Crippen molar-refractivity contribution in [2.24, 2.45) is 0 Å². The van der Waals surface area contributed by atoms with Gasteiger partial charge in [-0.2, -0.15) is 0 Å². The Labute approximate surface area is 176 Å². The number of methoxy groups -OCH3 is 1. The second-order valence-electron chi connectivity index (χ2n) is 5.89. The Morgan fingerprint density at radius 3 is 2.72 bits per heavy atom. The fourth-order valence-corrected chi connectivity index (χ4v) is 3.35. The molecule has 0 saturated heterocycles. The molecule has 1 heterocycles. The largest absolute Gasteiger partial charge is 0.544 e. The fraction of sp³-hybridized carbons (Fsp3) is 0.150. The molecule has 0 spiro atoms. The van der Waals surface area contributed by atoms with Crippen molar-refractivity contribution in [2.45, 2.75) is 18.7 Å². The molecule has 9 heteroatoms. The Hall–Kier alpha value is -2.97. The molecule has 29 heavy (non-hydrogen) atoms. The van der Waals surface area contributed by atoms with Crippen LogP contribution in [0.1, 0.15) is 17.0 Å². The quantitative estimate of drug-likeness (QED) is 0.432.